The van der Waals surface area contributed by atoms with Crippen molar-refractivity contribution in [3.8, 4) is 0 Å². The second-order valence-electron chi connectivity index (χ2n) is 4.21. The maximum atomic E-state index is 6.05. The van der Waals surface area contributed by atoms with Gasteiger partial charge in [-0.25, -0.2) is 4.98 Å². The Labute approximate surface area is 84.7 Å². The number of aromatic nitrogens is 2. The van der Waals surface area contributed by atoms with Crippen molar-refractivity contribution >= 4 is 5.95 Å². The minimum absolute atomic E-state index is 0.278. The molecule has 0 aliphatic carbocycles. The maximum absolute atomic E-state index is 6.05. The Morgan fingerprint density at radius 1 is 1.57 bits per heavy atom. The highest BCUT2D eigenvalue weighted by Crippen LogP contribution is 2.20. The fourth-order valence-electron chi connectivity index (χ4n) is 1.94. The van der Waals surface area contributed by atoms with Crippen LogP contribution in [-0.2, 0) is 7.05 Å². The lowest BCUT2D eigenvalue weighted by Crippen LogP contribution is -2.48. The number of nitrogens with zero attached hydrogens (tertiary/aromatic N) is 3. The molecular weight excluding hydrogens is 176 g/mol. The molecule has 14 heavy (non-hydrogen) atoms. The van der Waals surface area contributed by atoms with E-state index in [1.54, 1.807) is 0 Å². The van der Waals surface area contributed by atoms with Crippen LogP contribution in [0.25, 0.3) is 0 Å². The van der Waals surface area contributed by atoms with E-state index in [1.807, 2.05) is 24.0 Å². The van der Waals surface area contributed by atoms with E-state index in [0.29, 0.717) is 5.92 Å². The Morgan fingerprint density at radius 3 is 2.93 bits per heavy atom. The van der Waals surface area contributed by atoms with Gasteiger partial charge in [-0.15, -0.1) is 0 Å². The van der Waals surface area contributed by atoms with Crippen LogP contribution in [0.15, 0.2) is 12.4 Å². The summed E-state index contributed by atoms with van der Waals surface area (Å²) >= 11 is 0. The highest BCUT2D eigenvalue weighted by molar-refractivity contribution is 5.32. The molecule has 78 valence electrons. The minimum atomic E-state index is 0.278. The van der Waals surface area contributed by atoms with Crippen molar-refractivity contribution in [2.75, 3.05) is 18.0 Å². The zero-order valence-electron chi connectivity index (χ0n) is 8.85. The van der Waals surface area contributed by atoms with Crippen molar-refractivity contribution in [2.45, 2.75) is 19.4 Å². The van der Waals surface area contributed by atoms with Crippen LogP contribution in [0.1, 0.15) is 13.3 Å². The Balaban J connectivity index is 2.10. The molecule has 2 N–H and O–H groups in total. The van der Waals surface area contributed by atoms with Crippen molar-refractivity contribution in [3.05, 3.63) is 12.4 Å². The third-order valence-corrected chi connectivity index (χ3v) is 3.10. The predicted molar refractivity (Wildman–Crippen MR) is 57.2 cm³/mol. The minimum Gasteiger partial charge on any atom is -0.341 e. The van der Waals surface area contributed by atoms with E-state index < -0.39 is 0 Å². The number of rotatable bonds is 1. The van der Waals surface area contributed by atoms with Crippen LogP contribution in [0.2, 0.25) is 0 Å². The largest absolute Gasteiger partial charge is 0.341 e. The second-order valence-corrected chi connectivity index (χ2v) is 4.21. The fraction of sp³-hybridized carbons (Fsp3) is 0.700. The van der Waals surface area contributed by atoms with E-state index >= 15 is 0 Å². The molecule has 0 bridgehead atoms. The van der Waals surface area contributed by atoms with Gasteiger partial charge in [-0.2, -0.15) is 0 Å². The molecule has 1 aromatic rings. The molecule has 4 nitrogen and oxygen atoms in total. The van der Waals surface area contributed by atoms with Gasteiger partial charge in [-0.1, -0.05) is 6.92 Å². The van der Waals surface area contributed by atoms with E-state index in [1.165, 1.54) is 0 Å². The quantitative estimate of drug-likeness (QED) is 0.712. The summed E-state index contributed by atoms with van der Waals surface area (Å²) in [4.78, 5) is 6.60. The maximum Gasteiger partial charge on any atom is 0.205 e. The van der Waals surface area contributed by atoms with Crippen LogP contribution < -0.4 is 10.6 Å². The lowest BCUT2D eigenvalue weighted by atomic mass is 9.95. The van der Waals surface area contributed by atoms with Gasteiger partial charge < -0.3 is 15.2 Å². The molecule has 2 unspecified atom stereocenters. The molecule has 4 heteroatoms. The first-order valence-electron chi connectivity index (χ1n) is 5.16. The summed E-state index contributed by atoms with van der Waals surface area (Å²) < 4.78 is 2.04. The molecule has 2 rings (SSSR count). The highest BCUT2D eigenvalue weighted by atomic mass is 15.3. The van der Waals surface area contributed by atoms with Crippen LogP contribution in [-0.4, -0.2) is 28.7 Å². The van der Waals surface area contributed by atoms with Gasteiger partial charge in [-0.3, -0.25) is 0 Å². The molecule has 0 amide bonds. The van der Waals surface area contributed by atoms with E-state index in [0.717, 1.165) is 25.5 Å². The number of hydrogen-bond donors (Lipinski definition) is 1. The molecule has 1 aromatic heterocycles. The molecule has 1 fully saturated rings. The van der Waals surface area contributed by atoms with E-state index in [9.17, 15) is 0 Å². The van der Waals surface area contributed by atoms with Gasteiger partial charge in [-0.05, 0) is 12.3 Å². The van der Waals surface area contributed by atoms with Crippen molar-refractivity contribution in [1.29, 1.82) is 0 Å². The molecular formula is C10H18N4. The Morgan fingerprint density at radius 2 is 2.36 bits per heavy atom. The Kier molecular flexibility index (Phi) is 2.46. The van der Waals surface area contributed by atoms with Gasteiger partial charge in [0.1, 0.15) is 0 Å². The molecule has 1 aliphatic rings. The Hall–Kier alpha value is -1.03. The third kappa shape index (κ3) is 1.62. The van der Waals surface area contributed by atoms with Crippen molar-refractivity contribution in [2.24, 2.45) is 18.7 Å². The van der Waals surface area contributed by atoms with Gasteiger partial charge >= 0.3 is 0 Å². The molecule has 2 heterocycles. The van der Waals surface area contributed by atoms with Gasteiger partial charge in [0.15, 0.2) is 0 Å². The van der Waals surface area contributed by atoms with Gasteiger partial charge in [0.2, 0.25) is 5.95 Å². The standard InChI is InChI=1S/C10H18N4/c1-8-3-5-14(7-9(8)11)10-12-4-6-13(10)2/h4,6,8-9H,3,5,7,11H2,1-2H3. The lowest BCUT2D eigenvalue weighted by Gasteiger charge is -2.35. The summed E-state index contributed by atoms with van der Waals surface area (Å²) in [6.45, 7) is 4.21. The van der Waals surface area contributed by atoms with Gasteiger partial charge in [0, 0.05) is 38.6 Å². The first kappa shape index (κ1) is 9.52. The molecule has 2 atom stereocenters. The second kappa shape index (κ2) is 3.61. The number of nitrogens with two attached hydrogens (primary N) is 1. The monoisotopic (exact) mass is 194 g/mol. The molecule has 0 saturated carbocycles. The van der Waals surface area contributed by atoms with E-state index in [-0.39, 0.29) is 6.04 Å². The van der Waals surface area contributed by atoms with Gasteiger partial charge in [0.05, 0.1) is 0 Å². The Bertz CT molecular complexity index is 307. The summed E-state index contributed by atoms with van der Waals surface area (Å²) in [5.74, 6) is 1.67. The predicted octanol–water partition coefficient (Wildman–Crippen LogP) is 0.594. The summed E-state index contributed by atoms with van der Waals surface area (Å²) in [6.07, 6.45) is 4.96. The lowest BCUT2D eigenvalue weighted by molar-refractivity contribution is 0.375. The number of hydrogen-bond acceptors (Lipinski definition) is 3. The first-order valence-corrected chi connectivity index (χ1v) is 5.16. The molecule has 0 aromatic carbocycles. The zero-order valence-corrected chi connectivity index (χ0v) is 8.85. The first-order chi connectivity index (χ1) is 6.68. The van der Waals surface area contributed by atoms with Crippen LogP contribution in [0.3, 0.4) is 0 Å². The van der Waals surface area contributed by atoms with Crippen molar-refractivity contribution in [1.82, 2.24) is 9.55 Å². The molecule has 1 saturated heterocycles. The molecule has 0 radical (unpaired) electrons. The summed E-state index contributed by atoms with van der Waals surface area (Å²) in [7, 11) is 2.02. The highest BCUT2D eigenvalue weighted by Gasteiger charge is 2.24. The fourth-order valence-corrected chi connectivity index (χ4v) is 1.94. The van der Waals surface area contributed by atoms with Crippen LogP contribution in [0.4, 0.5) is 5.95 Å². The van der Waals surface area contributed by atoms with Crippen LogP contribution >= 0.6 is 0 Å². The number of anilines is 1. The summed E-state index contributed by atoms with van der Waals surface area (Å²) in [5, 5.41) is 0. The zero-order chi connectivity index (χ0) is 10.1. The van der Waals surface area contributed by atoms with Crippen molar-refractivity contribution < 1.29 is 0 Å². The summed E-state index contributed by atoms with van der Waals surface area (Å²) in [6, 6.07) is 0.278. The molecule has 0 spiro atoms. The number of aryl methyl sites for hydroxylation is 1. The van der Waals surface area contributed by atoms with E-state index in [2.05, 4.69) is 16.8 Å². The molecule has 1 aliphatic heterocycles. The SMILES string of the molecule is CC1CCN(c2nccn2C)CC1N. The summed E-state index contributed by atoms with van der Waals surface area (Å²) in [5.41, 5.74) is 6.05. The van der Waals surface area contributed by atoms with Crippen LogP contribution in [0, 0.1) is 5.92 Å². The van der Waals surface area contributed by atoms with Crippen LogP contribution in [0.5, 0.6) is 0 Å². The van der Waals surface area contributed by atoms with Crippen molar-refractivity contribution in [3.63, 3.8) is 0 Å². The van der Waals surface area contributed by atoms with E-state index in [4.69, 9.17) is 5.73 Å². The normalized spacial score (nSPS) is 28.1. The smallest absolute Gasteiger partial charge is 0.205 e. The number of piperidine rings is 1. The van der Waals surface area contributed by atoms with Gasteiger partial charge in [0.25, 0.3) is 0 Å². The number of imidazole rings is 1. The average molecular weight is 194 g/mol. The topological polar surface area (TPSA) is 47.1 Å². The average Bonchev–Trinajstić information content (AvgIpc) is 2.57. The third-order valence-electron chi connectivity index (χ3n) is 3.10.